The molecule has 0 aliphatic rings. The van der Waals surface area contributed by atoms with Crippen LogP contribution in [0, 0.1) is 20.8 Å². The van der Waals surface area contributed by atoms with Crippen molar-refractivity contribution in [2.45, 2.75) is 40.5 Å². The summed E-state index contributed by atoms with van der Waals surface area (Å²) in [6.07, 6.45) is 4.80. The summed E-state index contributed by atoms with van der Waals surface area (Å²) in [6.45, 7) is 10.9. The third-order valence-electron chi connectivity index (χ3n) is 4.50. The molecule has 2 aromatic carbocycles. The lowest BCUT2D eigenvalue weighted by atomic mass is 10.0. The summed E-state index contributed by atoms with van der Waals surface area (Å²) in [6, 6.07) is 10.6. The summed E-state index contributed by atoms with van der Waals surface area (Å²) in [5.41, 5.74) is 6.46. The number of nitrogens with one attached hydrogen (secondary N) is 1. The minimum absolute atomic E-state index is 0.506. The highest BCUT2D eigenvalue weighted by atomic mass is 16.5. The van der Waals surface area contributed by atoms with Gasteiger partial charge in [0.2, 0.25) is 6.41 Å². The predicted molar refractivity (Wildman–Crippen MR) is 105 cm³/mol. The van der Waals surface area contributed by atoms with Crippen molar-refractivity contribution in [1.82, 2.24) is 0 Å². The molecule has 0 aliphatic carbocycles. The number of carbonyl (C=O) groups excluding carboxylic acids is 1. The van der Waals surface area contributed by atoms with E-state index in [1.807, 2.05) is 32.9 Å². The lowest BCUT2D eigenvalue weighted by Gasteiger charge is -2.16. The number of benzene rings is 2. The van der Waals surface area contributed by atoms with Gasteiger partial charge in [0.1, 0.15) is 12.4 Å². The second-order valence-corrected chi connectivity index (χ2v) is 6.61. The lowest BCUT2D eigenvalue weighted by molar-refractivity contribution is -0.105. The van der Waals surface area contributed by atoms with Crippen LogP contribution in [-0.4, -0.2) is 13.0 Å². The molecule has 3 nitrogen and oxygen atoms in total. The minimum atomic E-state index is 0.506. The van der Waals surface area contributed by atoms with Crippen molar-refractivity contribution < 1.29 is 9.53 Å². The molecule has 0 fully saturated rings. The summed E-state index contributed by atoms with van der Waals surface area (Å²) in [4.78, 5) is 10.7. The molecule has 2 rings (SSSR count). The van der Waals surface area contributed by atoms with Crippen LogP contribution in [0.1, 0.15) is 47.6 Å². The highest BCUT2D eigenvalue weighted by molar-refractivity contribution is 5.77. The Bertz CT molecular complexity index is 759. The molecular formula is C22H27NO2. The summed E-state index contributed by atoms with van der Waals surface area (Å²) in [5, 5.41) is 2.76. The topological polar surface area (TPSA) is 38.3 Å². The average Bonchev–Trinajstić information content (AvgIpc) is 2.60. The van der Waals surface area contributed by atoms with Gasteiger partial charge in [0.15, 0.2) is 0 Å². The van der Waals surface area contributed by atoms with Gasteiger partial charge in [-0.1, -0.05) is 44.2 Å². The molecule has 0 saturated heterocycles. The molecule has 0 unspecified atom stereocenters. The third-order valence-corrected chi connectivity index (χ3v) is 4.50. The van der Waals surface area contributed by atoms with Gasteiger partial charge >= 0.3 is 0 Å². The Morgan fingerprint density at radius 1 is 1.08 bits per heavy atom. The van der Waals surface area contributed by atoms with Crippen LogP contribution >= 0.6 is 0 Å². The number of rotatable bonds is 7. The molecule has 0 heterocycles. The van der Waals surface area contributed by atoms with Crippen molar-refractivity contribution in [2.24, 2.45) is 0 Å². The molecular weight excluding hydrogens is 310 g/mol. The molecule has 0 radical (unpaired) electrons. The Kier molecular flexibility index (Phi) is 6.40. The fourth-order valence-corrected chi connectivity index (χ4v) is 2.79. The van der Waals surface area contributed by atoms with Gasteiger partial charge < -0.3 is 10.1 Å². The van der Waals surface area contributed by atoms with Gasteiger partial charge in [0.05, 0.1) is 0 Å². The molecule has 0 aromatic heterocycles. The average molecular weight is 337 g/mol. The summed E-state index contributed by atoms with van der Waals surface area (Å²) in [5.74, 6) is 1.40. The fourth-order valence-electron chi connectivity index (χ4n) is 2.79. The summed E-state index contributed by atoms with van der Waals surface area (Å²) < 4.78 is 5.91. The van der Waals surface area contributed by atoms with Crippen LogP contribution in [0.4, 0.5) is 5.69 Å². The molecule has 0 aliphatic heterocycles. The van der Waals surface area contributed by atoms with E-state index < -0.39 is 0 Å². The molecule has 132 valence electrons. The van der Waals surface area contributed by atoms with E-state index in [0.717, 1.165) is 28.1 Å². The molecule has 25 heavy (non-hydrogen) atoms. The van der Waals surface area contributed by atoms with Crippen LogP contribution in [-0.2, 0) is 4.79 Å². The number of hydrogen-bond donors (Lipinski definition) is 1. The smallest absolute Gasteiger partial charge is 0.211 e. The van der Waals surface area contributed by atoms with Crippen LogP contribution in [0.5, 0.6) is 5.75 Å². The van der Waals surface area contributed by atoms with Gasteiger partial charge in [-0.15, -0.1) is 0 Å². The van der Waals surface area contributed by atoms with Crippen LogP contribution < -0.4 is 10.1 Å². The molecule has 2 aromatic rings. The van der Waals surface area contributed by atoms with E-state index in [0.29, 0.717) is 18.9 Å². The van der Waals surface area contributed by atoms with Gasteiger partial charge in [-0.25, -0.2) is 0 Å². The predicted octanol–water partition coefficient (Wildman–Crippen LogP) is 5.40. The van der Waals surface area contributed by atoms with E-state index in [4.69, 9.17) is 4.74 Å². The Balaban J connectivity index is 2.03. The SMILES string of the molecule is Cc1cc(OCC=Cc2ccc(C(C)C)cc2)c(C)c(C)c1NC=O. The molecule has 0 bridgehead atoms. The molecule has 1 N–H and O–H groups in total. The highest BCUT2D eigenvalue weighted by Gasteiger charge is 2.10. The third kappa shape index (κ3) is 4.72. The van der Waals surface area contributed by atoms with Gasteiger partial charge in [-0.05, 0) is 66.6 Å². The Morgan fingerprint density at radius 2 is 1.76 bits per heavy atom. The molecule has 1 amide bonds. The van der Waals surface area contributed by atoms with Gasteiger partial charge in [-0.2, -0.15) is 0 Å². The first-order chi connectivity index (χ1) is 11.9. The summed E-state index contributed by atoms with van der Waals surface area (Å²) >= 11 is 0. The molecule has 0 spiro atoms. The number of ether oxygens (including phenoxy) is 1. The van der Waals surface area contributed by atoms with E-state index >= 15 is 0 Å². The van der Waals surface area contributed by atoms with Gasteiger partial charge in [0, 0.05) is 5.69 Å². The maximum atomic E-state index is 10.7. The van der Waals surface area contributed by atoms with Gasteiger partial charge in [-0.3, -0.25) is 4.79 Å². The number of carbonyl (C=O) groups is 1. The zero-order valence-corrected chi connectivity index (χ0v) is 15.7. The van der Waals surface area contributed by atoms with Crippen molar-refractivity contribution in [3.63, 3.8) is 0 Å². The molecule has 0 atom stereocenters. The van der Waals surface area contributed by atoms with Crippen molar-refractivity contribution in [2.75, 3.05) is 11.9 Å². The first-order valence-corrected chi connectivity index (χ1v) is 8.64. The van der Waals surface area contributed by atoms with Crippen molar-refractivity contribution in [3.05, 3.63) is 64.2 Å². The molecule has 3 heteroatoms. The van der Waals surface area contributed by atoms with Crippen LogP contribution in [0.2, 0.25) is 0 Å². The quantitative estimate of drug-likeness (QED) is 0.687. The first kappa shape index (κ1) is 18.8. The van der Waals surface area contributed by atoms with E-state index in [2.05, 4.69) is 49.5 Å². The maximum Gasteiger partial charge on any atom is 0.211 e. The number of amides is 1. The largest absolute Gasteiger partial charge is 0.489 e. The van der Waals surface area contributed by atoms with Crippen LogP contribution in [0.3, 0.4) is 0 Å². The van der Waals surface area contributed by atoms with E-state index in [9.17, 15) is 4.79 Å². The Labute approximate surface area is 150 Å². The lowest BCUT2D eigenvalue weighted by Crippen LogP contribution is -2.04. The Morgan fingerprint density at radius 3 is 2.36 bits per heavy atom. The highest BCUT2D eigenvalue weighted by Crippen LogP contribution is 2.31. The van der Waals surface area contributed by atoms with E-state index in [1.165, 1.54) is 11.1 Å². The molecule has 0 saturated carbocycles. The number of anilines is 1. The zero-order valence-electron chi connectivity index (χ0n) is 15.7. The van der Waals surface area contributed by atoms with Crippen LogP contribution in [0.25, 0.3) is 6.08 Å². The number of aryl methyl sites for hydroxylation is 1. The van der Waals surface area contributed by atoms with Crippen molar-refractivity contribution in [3.8, 4) is 5.75 Å². The van der Waals surface area contributed by atoms with E-state index in [1.54, 1.807) is 0 Å². The van der Waals surface area contributed by atoms with Crippen molar-refractivity contribution in [1.29, 1.82) is 0 Å². The fraction of sp³-hybridized carbons (Fsp3) is 0.318. The monoisotopic (exact) mass is 337 g/mol. The van der Waals surface area contributed by atoms with Crippen molar-refractivity contribution >= 4 is 18.2 Å². The summed E-state index contributed by atoms with van der Waals surface area (Å²) in [7, 11) is 0. The first-order valence-electron chi connectivity index (χ1n) is 8.64. The standard InChI is InChI=1S/C22H27NO2/c1-15(2)20-10-8-19(9-11-20)7-6-12-25-21-13-16(3)22(23-14-24)18(5)17(21)4/h6-11,13-15H,12H2,1-5H3,(H,23,24). The normalized spacial score (nSPS) is 11.1. The van der Waals surface area contributed by atoms with Crippen LogP contribution in [0.15, 0.2) is 36.4 Å². The second kappa shape index (κ2) is 8.52. The second-order valence-electron chi connectivity index (χ2n) is 6.61. The Hall–Kier alpha value is -2.55. The maximum absolute atomic E-state index is 10.7. The minimum Gasteiger partial charge on any atom is -0.489 e. The zero-order chi connectivity index (χ0) is 18.4. The van der Waals surface area contributed by atoms with E-state index in [-0.39, 0.29) is 0 Å². The number of hydrogen-bond acceptors (Lipinski definition) is 2. The van der Waals surface area contributed by atoms with Gasteiger partial charge in [0.25, 0.3) is 0 Å².